The highest BCUT2D eigenvalue weighted by Crippen LogP contribution is 2.22. The number of anilines is 1. The lowest BCUT2D eigenvalue weighted by Crippen LogP contribution is -2.15. The van der Waals surface area contributed by atoms with Gasteiger partial charge in [0.1, 0.15) is 23.7 Å². The van der Waals surface area contributed by atoms with Crippen LogP contribution in [0.2, 0.25) is 0 Å². The third-order valence-corrected chi connectivity index (χ3v) is 5.88. The number of hydrogen-bond donors (Lipinski definition) is 1. The Labute approximate surface area is 212 Å². The molecule has 0 saturated carbocycles. The molecule has 0 spiro atoms. The van der Waals surface area contributed by atoms with Gasteiger partial charge in [0, 0.05) is 11.4 Å². The molecule has 1 N–H and O–H groups in total. The van der Waals surface area contributed by atoms with Crippen LogP contribution in [0.1, 0.15) is 35.8 Å². The van der Waals surface area contributed by atoms with Gasteiger partial charge in [-0.3, -0.25) is 9.48 Å². The second-order valence-electron chi connectivity index (χ2n) is 8.81. The first-order valence-electron chi connectivity index (χ1n) is 11.9. The topological polar surface area (TPSA) is 99.8 Å². The number of nitrogens with one attached hydrogen (secondary N) is 1. The van der Waals surface area contributed by atoms with E-state index in [1.165, 1.54) is 12.1 Å². The van der Waals surface area contributed by atoms with Crippen molar-refractivity contribution in [2.75, 3.05) is 11.9 Å². The average Bonchev–Trinajstić information content (AvgIpc) is 3.54. The van der Waals surface area contributed by atoms with Gasteiger partial charge in [-0.1, -0.05) is 36.4 Å². The van der Waals surface area contributed by atoms with E-state index in [-0.39, 0.29) is 17.4 Å². The summed E-state index contributed by atoms with van der Waals surface area (Å²) in [5.41, 5.74) is 2.17. The van der Waals surface area contributed by atoms with Crippen molar-refractivity contribution in [2.45, 2.75) is 33.0 Å². The molecule has 2 aromatic carbocycles. The van der Waals surface area contributed by atoms with Crippen molar-refractivity contribution in [3.05, 3.63) is 90.1 Å². The van der Waals surface area contributed by atoms with Gasteiger partial charge in [-0.25, -0.2) is 9.37 Å². The minimum atomic E-state index is -0.638. The van der Waals surface area contributed by atoms with Crippen LogP contribution in [-0.4, -0.2) is 42.0 Å². The summed E-state index contributed by atoms with van der Waals surface area (Å²) in [5, 5.41) is 15.7. The zero-order valence-corrected chi connectivity index (χ0v) is 20.5. The maximum Gasteiger partial charge on any atom is 0.259 e. The largest absolute Gasteiger partial charge is 0.375 e. The number of aromatic nitrogens is 6. The third kappa shape index (κ3) is 5.39. The van der Waals surface area contributed by atoms with Crippen molar-refractivity contribution >= 4 is 22.6 Å². The Balaban J connectivity index is 1.31. The molecule has 0 radical (unpaired) electrons. The van der Waals surface area contributed by atoms with Crippen LogP contribution >= 0.6 is 0 Å². The molecule has 37 heavy (non-hydrogen) atoms. The number of ether oxygens (including phenoxy) is 1. The van der Waals surface area contributed by atoms with Gasteiger partial charge in [-0.05, 0) is 43.7 Å². The molecule has 3 aromatic heterocycles. The van der Waals surface area contributed by atoms with Crippen molar-refractivity contribution in [1.29, 1.82) is 0 Å². The Bertz CT molecular complexity index is 1530. The van der Waals surface area contributed by atoms with Crippen LogP contribution in [0.5, 0.6) is 0 Å². The number of benzene rings is 2. The smallest absolute Gasteiger partial charge is 0.259 e. The number of pyridine rings is 1. The lowest BCUT2D eigenvalue weighted by Gasteiger charge is -2.11. The lowest BCUT2D eigenvalue weighted by atomic mass is 10.1. The molecule has 1 amide bonds. The molecular formula is C27H26FN7O2. The van der Waals surface area contributed by atoms with E-state index in [0.717, 1.165) is 5.56 Å². The van der Waals surface area contributed by atoms with Crippen LogP contribution in [-0.2, 0) is 17.9 Å². The number of carbonyl (C=O) groups is 1. The fourth-order valence-corrected chi connectivity index (χ4v) is 3.98. The highest BCUT2D eigenvalue weighted by Gasteiger charge is 2.17. The number of nitrogens with zero attached hydrogens (tertiary/aromatic N) is 6. The summed E-state index contributed by atoms with van der Waals surface area (Å²) in [7, 11) is 0. The molecule has 10 heteroatoms. The summed E-state index contributed by atoms with van der Waals surface area (Å²) in [4.78, 5) is 17.5. The molecule has 0 fully saturated rings. The summed E-state index contributed by atoms with van der Waals surface area (Å²) >= 11 is 0. The molecule has 0 unspecified atom stereocenters. The molecule has 5 rings (SSSR count). The zero-order valence-electron chi connectivity index (χ0n) is 20.5. The molecule has 0 aliphatic heterocycles. The fraction of sp³-hybridized carbons (Fsp3) is 0.222. The van der Waals surface area contributed by atoms with E-state index in [2.05, 4.69) is 25.6 Å². The number of hydrogen-bond acceptors (Lipinski definition) is 6. The number of carbonyl (C=O) groups excluding carboxylic acids is 1. The molecule has 9 nitrogen and oxygen atoms in total. The number of rotatable bonds is 9. The van der Waals surface area contributed by atoms with Crippen molar-refractivity contribution in [2.24, 2.45) is 0 Å². The second-order valence-corrected chi connectivity index (χ2v) is 8.81. The van der Waals surface area contributed by atoms with E-state index in [9.17, 15) is 9.18 Å². The Morgan fingerprint density at radius 3 is 2.76 bits per heavy atom. The van der Waals surface area contributed by atoms with Gasteiger partial charge in [0.15, 0.2) is 5.82 Å². The molecule has 0 atom stereocenters. The first-order valence-corrected chi connectivity index (χ1v) is 11.9. The normalized spacial score (nSPS) is 11.4. The lowest BCUT2D eigenvalue weighted by molar-refractivity contribution is 0.102. The summed E-state index contributed by atoms with van der Waals surface area (Å²) in [6, 6.07) is 18.0. The SMILES string of the molecule is CC(C)n1cnnc1-c1cccc(NC(=O)c2cc3c(cnn3CCOCc3ccccc3)cc2F)n1. The van der Waals surface area contributed by atoms with Gasteiger partial charge in [0.25, 0.3) is 5.91 Å². The molecule has 0 aliphatic rings. The maximum atomic E-state index is 14.9. The first-order chi connectivity index (χ1) is 18.0. The van der Waals surface area contributed by atoms with E-state index in [4.69, 9.17) is 4.74 Å². The second kappa shape index (κ2) is 10.7. The molecule has 5 aromatic rings. The van der Waals surface area contributed by atoms with Gasteiger partial charge in [0.05, 0.1) is 37.0 Å². The molecule has 0 saturated heterocycles. The Morgan fingerprint density at radius 2 is 1.95 bits per heavy atom. The van der Waals surface area contributed by atoms with Crippen LogP contribution in [0.4, 0.5) is 10.2 Å². The highest BCUT2D eigenvalue weighted by molar-refractivity contribution is 6.06. The quantitative estimate of drug-likeness (QED) is 0.290. The Morgan fingerprint density at radius 1 is 1.11 bits per heavy atom. The van der Waals surface area contributed by atoms with Gasteiger partial charge in [0.2, 0.25) is 0 Å². The minimum Gasteiger partial charge on any atom is -0.375 e. The predicted molar refractivity (Wildman–Crippen MR) is 137 cm³/mol. The van der Waals surface area contributed by atoms with E-state index >= 15 is 0 Å². The summed E-state index contributed by atoms with van der Waals surface area (Å²) < 4.78 is 24.2. The van der Waals surface area contributed by atoms with Crippen LogP contribution in [0.3, 0.4) is 0 Å². The van der Waals surface area contributed by atoms with Crippen LogP contribution in [0, 0.1) is 5.82 Å². The Kier molecular flexibility index (Phi) is 7.00. The van der Waals surface area contributed by atoms with E-state index in [1.807, 2.05) is 48.7 Å². The van der Waals surface area contributed by atoms with Crippen molar-refractivity contribution < 1.29 is 13.9 Å². The minimum absolute atomic E-state index is 0.1000. The van der Waals surface area contributed by atoms with Crippen molar-refractivity contribution in [3.63, 3.8) is 0 Å². The van der Waals surface area contributed by atoms with E-state index in [1.54, 1.807) is 35.4 Å². The standard InChI is InChI=1S/C27H26FN7O2/c1-18(2)34-17-29-33-26(34)23-9-6-10-25(31-23)32-27(36)21-14-24-20(13-22(21)28)15-30-35(24)11-12-37-16-19-7-4-3-5-8-19/h3-10,13-15,17-18H,11-12,16H2,1-2H3,(H,31,32,36). The number of fused-ring (bicyclic) bond motifs is 1. The average molecular weight is 500 g/mol. The predicted octanol–water partition coefficient (Wildman–Crippen LogP) is 4.88. The first kappa shape index (κ1) is 24.3. The summed E-state index contributed by atoms with van der Waals surface area (Å²) in [6.07, 6.45) is 3.21. The highest BCUT2D eigenvalue weighted by atomic mass is 19.1. The molecule has 3 heterocycles. The molecular weight excluding hydrogens is 473 g/mol. The zero-order chi connectivity index (χ0) is 25.8. The number of halogens is 1. The van der Waals surface area contributed by atoms with Crippen LogP contribution in [0.15, 0.2) is 73.2 Å². The molecule has 0 bridgehead atoms. The van der Waals surface area contributed by atoms with Crippen molar-refractivity contribution in [3.8, 4) is 11.5 Å². The molecule has 188 valence electrons. The summed E-state index contributed by atoms with van der Waals surface area (Å²) in [5.74, 6) is -0.386. The summed E-state index contributed by atoms with van der Waals surface area (Å²) in [6.45, 7) is 5.39. The van der Waals surface area contributed by atoms with E-state index in [0.29, 0.717) is 42.2 Å². The maximum absolute atomic E-state index is 14.9. The fourth-order valence-electron chi connectivity index (χ4n) is 3.98. The van der Waals surface area contributed by atoms with Gasteiger partial charge >= 0.3 is 0 Å². The number of amides is 1. The van der Waals surface area contributed by atoms with Gasteiger partial charge in [-0.15, -0.1) is 10.2 Å². The molecule has 0 aliphatic carbocycles. The Hall–Kier alpha value is -4.44. The van der Waals surface area contributed by atoms with Gasteiger partial charge in [-0.2, -0.15) is 5.10 Å². The van der Waals surface area contributed by atoms with E-state index < -0.39 is 11.7 Å². The van der Waals surface area contributed by atoms with Crippen molar-refractivity contribution in [1.82, 2.24) is 29.5 Å². The van der Waals surface area contributed by atoms with Crippen LogP contribution in [0.25, 0.3) is 22.4 Å². The third-order valence-electron chi connectivity index (χ3n) is 5.88. The van der Waals surface area contributed by atoms with Gasteiger partial charge < -0.3 is 14.6 Å². The monoisotopic (exact) mass is 499 g/mol. The van der Waals surface area contributed by atoms with Crippen LogP contribution < -0.4 is 5.32 Å².